The molecule has 10 aromatic rings. The van der Waals surface area contributed by atoms with Crippen molar-refractivity contribution in [2.75, 3.05) is 29.6 Å². The molecule has 17 nitrogen and oxygen atoms in total. The van der Waals surface area contributed by atoms with E-state index in [0.29, 0.717) is 63.5 Å². The molecule has 10 N–H and O–H groups in total. The van der Waals surface area contributed by atoms with E-state index in [1.165, 1.54) is 80.5 Å². The summed E-state index contributed by atoms with van der Waals surface area (Å²) < 4.78 is 125. The lowest BCUT2D eigenvalue weighted by Gasteiger charge is -2.34. The third-order valence-corrected chi connectivity index (χ3v) is 24.9. The molecule has 0 aromatic heterocycles. The van der Waals surface area contributed by atoms with Crippen LogP contribution >= 0.6 is 23.5 Å². The largest absolute Gasteiger partial charge is 0.507 e. The number of unbranched alkanes of at least 4 members (excludes halogenated alkanes) is 3. The molecule has 10 aromatic carbocycles. The number of phenolic OH excluding ortho intramolecular Hbond substituents is 6. The summed E-state index contributed by atoms with van der Waals surface area (Å²) in [7, 11) is 0. The summed E-state index contributed by atoms with van der Waals surface area (Å²) in [6.07, 6.45) is 6.09. The number of nitrogens with two attached hydrogens (primary N) is 2. The van der Waals surface area contributed by atoms with Crippen LogP contribution in [-0.2, 0) is 18.8 Å². The molecule has 14 rings (SSSR count). The number of thioether (sulfide) groups is 2. The molecule has 0 amide bonds. The van der Waals surface area contributed by atoms with Crippen LogP contribution in [0.1, 0.15) is 262 Å². The Morgan fingerprint density at radius 3 is 1.33 bits per heavy atom. The van der Waals surface area contributed by atoms with Gasteiger partial charge in [-0.05, 0) is 139 Å². The van der Waals surface area contributed by atoms with Gasteiger partial charge in [0.25, 0.3) is 0 Å². The minimum Gasteiger partial charge on any atom is -0.507 e. The highest BCUT2D eigenvalue weighted by Crippen LogP contribution is 2.59. The standard InChI is InChI=1S/C30H40O2S2.C25H24N2O5.C24H20O4.C18H7F9O4/c1-5-9-13-21(7-3)19-33-25-17-11-15-23-27(25)30(32)28-24(29(23)31)16-12-18-26(28)34-20-22(8-4)14-10-6-2;1-12(2)11-32-15-5-3-4-13(9-15)8-14-10-17(27)20-22(23(14)29)25(31)19-16(26)6-7-18(28)21(19)24(20)30;1-2-3-5-14-8-10-15(11-9-14)16-12-13-18-21(22(16)26)24(28)17-6-4-7-19(25)20(17)23(18)27;19-15(20,16(21,22)17(23,24)18(25,26)27)8-5-4-7-11(14(8)31)13(30)6-2-1-3-9(28)10(6)12(7)29/h11-12,15-18,21-22H,5-10,13-14,19-20H2,1-4H3;3-7,9-10,12,28-29H,8,11,26-27H2,1-2H3;4,6-13,25-26H,2-3,5H2,1H3;1-5,28,31H. The van der Waals surface area contributed by atoms with Crippen LogP contribution in [0.25, 0.3) is 11.1 Å². The number of aryl methyl sites for hydroxylation is 1. The van der Waals surface area contributed by atoms with Crippen LogP contribution in [0, 0.1) is 17.8 Å². The van der Waals surface area contributed by atoms with Gasteiger partial charge in [-0.2, -0.15) is 39.5 Å². The molecule has 0 spiro atoms. The van der Waals surface area contributed by atoms with E-state index in [1.54, 1.807) is 35.7 Å². The van der Waals surface area contributed by atoms with Gasteiger partial charge >= 0.3 is 23.9 Å². The summed E-state index contributed by atoms with van der Waals surface area (Å²) in [6.45, 7) is 15.8. The molecule has 0 radical (unpaired) electrons. The fourth-order valence-corrected chi connectivity index (χ4v) is 18.0. The number of ketones is 8. The summed E-state index contributed by atoms with van der Waals surface area (Å²) in [5.74, 6) is -25.0. The number of benzene rings is 10. The SMILES string of the molecule is CC(C)COc1cccc(Cc2cc(N)c3c(c2O)C(=O)c2c(N)ccc(O)c2C3=O)c1.CCCCC(CC)CSc1cccc2c1C(=O)c1c(SCC(CC)CCCC)cccc1C2=O.CCCCc1ccc(-c2ccc3c(c2O)C(=O)c2cccc(O)c2C3=O)cc1.O=C1c2ccc(C(F)(F)C(F)(F)C(F)(F)C(F)(F)F)c(O)c2C(=O)c2cccc(O)c21. The van der Waals surface area contributed by atoms with Gasteiger partial charge in [0.1, 0.15) is 40.2 Å². The topological polar surface area (TPSA) is 319 Å². The van der Waals surface area contributed by atoms with Gasteiger partial charge in [0.2, 0.25) is 11.6 Å². The van der Waals surface area contributed by atoms with Crippen molar-refractivity contribution >= 4 is 81.2 Å². The van der Waals surface area contributed by atoms with Crippen molar-refractivity contribution in [2.45, 2.75) is 159 Å². The minimum absolute atomic E-state index is 0.00402. The molecule has 654 valence electrons. The van der Waals surface area contributed by atoms with Gasteiger partial charge in [-0.25, -0.2) is 0 Å². The van der Waals surface area contributed by atoms with E-state index in [2.05, 4.69) is 48.5 Å². The summed E-state index contributed by atoms with van der Waals surface area (Å²) in [6, 6.07) is 41.6. The van der Waals surface area contributed by atoms with Gasteiger partial charge in [0.05, 0.1) is 56.7 Å². The molecule has 0 heterocycles. The number of nitrogen functional groups attached to an aromatic ring is 2. The number of phenols is 6. The number of carbonyl (C=O) groups excluding carboxylic acids is 8. The Balaban J connectivity index is 0.000000162. The molecular formula is C97H91F9N2O15S2. The predicted octanol–water partition coefficient (Wildman–Crippen LogP) is 22.4. The second-order valence-corrected chi connectivity index (χ2v) is 33.4. The molecule has 0 fully saturated rings. The summed E-state index contributed by atoms with van der Waals surface area (Å²) in [4.78, 5) is 106. The third-order valence-electron chi connectivity index (χ3n) is 22.3. The highest BCUT2D eigenvalue weighted by Gasteiger charge is 2.82. The molecule has 2 unspecified atom stereocenters. The number of hydrogen-bond donors (Lipinski definition) is 8. The molecular weight excluding hydrogens is 1670 g/mol. The first kappa shape index (κ1) is 93.5. The van der Waals surface area contributed by atoms with Crippen molar-refractivity contribution in [3.05, 3.63) is 275 Å². The number of alkyl halides is 9. The Morgan fingerprint density at radius 1 is 0.384 bits per heavy atom. The molecule has 0 saturated carbocycles. The van der Waals surface area contributed by atoms with Gasteiger partial charge in [-0.3, -0.25) is 38.4 Å². The van der Waals surface area contributed by atoms with Gasteiger partial charge in [0, 0.05) is 94.7 Å². The van der Waals surface area contributed by atoms with Gasteiger partial charge in [-0.1, -0.05) is 178 Å². The summed E-state index contributed by atoms with van der Waals surface area (Å²) in [5.41, 5.74) is 12.0. The molecule has 0 aliphatic heterocycles. The quantitative estimate of drug-likeness (QED) is 0.0108. The maximum Gasteiger partial charge on any atom is 0.460 e. The first-order valence-electron chi connectivity index (χ1n) is 40.8. The van der Waals surface area contributed by atoms with Crippen LogP contribution < -0.4 is 16.2 Å². The zero-order valence-corrected chi connectivity index (χ0v) is 70.8. The zero-order chi connectivity index (χ0) is 91.2. The van der Waals surface area contributed by atoms with Crippen LogP contribution in [-0.4, -0.2) is 113 Å². The second kappa shape index (κ2) is 38.5. The van der Waals surface area contributed by atoms with E-state index in [4.69, 9.17) is 16.2 Å². The highest BCUT2D eigenvalue weighted by molar-refractivity contribution is 7.99. The van der Waals surface area contributed by atoms with Crippen LogP contribution in [0.2, 0.25) is 0 Å². The van der Waals surface area contributed by atoms with E-state index in [9.17, 15) is 109 Å². The zero-order valence-electron chi connectivity index (χ0n) is 69.2. The average Bonchev–Trinajstić information content (AvgIpc) is 0.711. The Morgan fingerprint density at radius 2 is 0.824 bits per heavy atom. The van der Waals surface area contributed by atoms with Crippen LogP contribution in [0.15, 0.2) is 174 Å². The normalized spacial score (nSPS) is 13.7. The summed E-state index contributed by atoms with van der Waals surface area (Å²) >= 11 is 3.51. The lowest BCUT2D eigenvalue weighted by Crippen LogP contribution is -2.59. The van der Waals surface area contributed by atoms with Crippen molar-refractivity contribution < 1.29 is 113 Å². The molecule has 125 heavy (non-hydrogen) atoms. The van der Waals surface area contributed by atoms with E-state index < -0.39 is 98.0 Å². The average molecular weight is 1760 g/mol. The molecule has 0 saturated heterocycles. The number of aromatic hydroxyl groups is 6. The Kier molecular flexibility index (Phi) is 28.8. The molecule has 2 atom stereocenters. The van der Waals surface area contributed by atoms with E-state index in [0.717, 1.165) is 82.7 Å². The monoisotopic (exact) mass is 1760 g/mol. The van der Waals surface area contributed by atoms with Crippen molar-refractivity contribution in [3.63, 3.8) is 0 Å². The number of halogens is 9. The molecule has 28 heteroatoms. The fraction of sp³-hybridized carbons (Fsp3) is 0.299. The first-order valence-corrected chi connectivity index (χ1v) is 42.7. The lowest BCUT2D eigenvalue weighted by molar-refractivity contribution is -0.399. The van der Waals surface area contributed by atoms with E-state index in [-0.39, 0.29) is 109 Å². The smallest absolute Gasteiger partial charge is 0.460 e. The Bertz CT molecular complexity index is 5830. The number of anilines is 2. The minimum atomic E-state index is -7.22. The predicted molar refractivity (Wildman–Crippen MR) is 459 cm³/mol. The van der Waals surface area contributed by atoms with Crippen LogP contribution in [0.3, 0.4) is 0 Å². The number of fused-ring (bicyclic) bond motifs is 8. The third kappa shape index (κ3) is 18.4. The van der Waals surface area contributed by atoms with Crippen molar-refractivity contribution in [1.82, 2.24) is 0 Å². The van der Waals surface area contributed by atoms with Crippen LogP contribution in [0.4, 0.5) is 50.9 Å². The van der Waals surface area contributed by atoms with E-state index >= 15 is 0 Å². The van der Waals surface area contributed by atoms with Gasteiger partial charge in [-0.15, -0.1) is 23.5 Å². The van der Waals surface area contributed by atoms with E-state index in [1.807, 2.05) is 84.9 Å². The van der Waals surface area contributed by atoms with Crippen molar-refractivity contribution in [1.29, 1.82) is 0 Å². The molecule has 4 aliphatic carbocycles. The maximum absolute atomic E-state index is 14.2. The number of rotatable bonds is 26. The summed E-state index contributed by atoms with van der Waals surface area (Å²) in [5, 5.41) is 61.8. The number of hydrogen-bond acceptors (Lipinski definition) is 19. The fourth-order valence-electron chi connectivity index (χ4n) is 15.3. The Labute approximate surface area is 723 Å². The maximum atomic E-state index is 14.2. The van der Waals surface area contributed by atoms with Crippen molar-refractivity contribution in [2.24, 2.45) is 17.8 Å². The molecule has 4 aliphatic rings. The Hall–Kier alpha value is -12.2. The number of ether oxygens (including phenoxy) is 1. The lowest BCUT2D eigenvalue weighted by atomic mass is 9.80. The second-order valence-electron chi connectivity index (χ2n) is 31.3. The van der Waals surface area contributed by atoms with Crippen LogP contribution in [0.5, 0.6) is 40.2 Å². The number of carbonyl (C=O) groups is 8. The van der Waals surface area contributed by atoms with Gasteiger partial charge in [0.15, 0.2) is 34.7 Å². The highest BCUT2D eigenvalue weighted by atomic mass is 32.2. The van der Waals surface area contributed by atoms with Gasteiger partial charge < -0.3 is 46.8 Å². The van der Waals surface area contributed by atoms with Crippen molar-refractivity contribution in [3.8, 4) is 51.4 Å². The molecule has 0 bridgehead atoms. The first-order chi connectivity index (χ1) is 59.2.